The van der Waals surface area contributed by atoms with Gasteiger partial charge in [0, 0.05) is 57.5 Å². The number of aromatic nitrogens is 2. The second-order valence-electron chi connectivity index (χ2n) is 9.46. The van der Waals surface area contributed by atoms with Crippen molar-refractivity contribution in [3.8, 4) is 17.6 Å². The molecule has 11 heteroatoms. The van der Waals surface area contributed by atoms with Gasteiger partial charge in [-0.25, -0.2) is 9.97 Å². The molecule has 2 aliphatic rings. The quantitative estimate of drug-likeness (QED) is 0.193. The number of carbonyl (C=O) groups excluding carboxylic acids is 2. The van der Waals surface area contributed by atoms with E-state index in [1.165, 1.54) is 4.90 Å². The first-order chi connectivity index (χ1) is 18.4. The zero-order chi connectivity index (χ0) is 27.1. The van der Waals surface area contributed by atoms with Crippen LogP contribution in [-0.2, 0) is 16.1 Å². The Balaban J connectivity index is 1.44. The third kappa shape index (κ3) is 7.19. The molecule has 202 valence electrons. The molecule has 0 aromatic carbocycles. The van der Waals surface area contributed by atoms with Gasteiger partial charge in [-0.3, -0.25) is 14.5 Å². The number of hydrogen-bond donors (Lipinski definition) is 2. The molecule has 2 N–H and O–H groups in total. The molecule has 1 aliphatic heterocycles. The van der Waals surface area contributed by atoms with Gasteiger partial charge in [0.05, 0.1) is 18.7 Å². The number of likely N-dealkylation sites (N-methyl/N-ethyl adjacent to an activating group) is 1. The van der Waals surface area contributed by atoms with E-state index in [-0.39, 0.29) is 11.6 Å². The molecule has 2 fully saturated rings. The molecule has 0 bridgehead atoms. The molecular weight excluding hydrogens is 488 g/mol. The fraction of sp³-hybridized carbons (Fsp3) is 0.481. The van der Waals surface area contributed by atoms with Gasteiger partial charge in [-0.1, -0.05) is 17.9 Å². The second-order valence-corrected chi connectivity index (χ2v) is 9.46. The van der Waals surface area contributed by atoms with Crippen molar-refractivity contribution in [2.45, 2.75) is 25.7 Å². The number of piperazine rings is 1. The van der Waals surface area contributed by atoms with E-state index in [0.717, 1.165) is 19.4 Å². The molecule has 2 aromatic rings. The number of methoxy groups -OCH3 is 1. The summed E-state index contributed by atoms with van der Waals surface area (Å²) in [6.07, 6.45) is 3.32. The molecule has 1 atom stereocenters. The van der Waals surface area contributed by atoms with Crippen LogP contribution in [0.15, 0.2) is 24.4 Å². The highest BCUT2D eigenvalue weighted by molar-refractivity contribution is 5.80. The van der Waals surface area contributed by atoms with E-state index in [9.17, 15) is 14.7 Å². The topological polar surface area (TPSA) is 120 Å². The summed E-state index contributed by atoms with van der Waals surface area (Å²) in [5.41, 5.74) is 1.55. The first-order valence-electron chi connectivity index (χ1n) is 12.6. The Morgan fingerprint density at radius 3 is 2.84 bits per heavy atom. The minimum atomic E-state index is -1.20. The Labute approximate surface area is 222 Å². The molecule has 38 heavy (non-hydrogen) atoms. The minimum absolute atomic E-state index is 0.0130. The third-order valence-electron chi connectivity index (χ3n) is 6.38. The zero-order valence-electron chi connectivity index (χ0n) is 22.0. The zero-order valence-corrected chi connectivity index (χ0v) is 22.0. The van der Waals surface area contributed by atoms with E-state index < -0.39 is 6.35 Å². The molecule has 1 unspecified atom stereocenters. The second kappa shape index (κ2) is 12.7. The van der Waals surface area contributed by atoms with Gasteiger partial charge in [0.1, 0.15) is 29.7 Å². The van der Waals surface area contributed by atoms with E-state index >= 15 is 0 Å². The Bertz CT molecular complexity index is 1210. The van der Waals surface area contributed by atoms with Crippen molar-refractivity contribution in [2.75, 3.05) is 64.3 Å². The number of anilines is 2. The van der Waals surface area contributed by atoms with Crippen LogP contribution in [0.1, 0.15) is 34.5 Å². The lowest BCUT2D eigenvalue weighted by Gasteiger charge is -2.32. The van der Waals surface area contributed by atoms with Crippen LogP contribution in [0.4, 0.5) is 11.6 Å². The highest BCUT2D eigenvalue weighted by Gasteiger charge is 2.23. The van der Waals surface area contributed by atoms with Crippen LogP contribution in [0.3, 0.4) is 0 Å². The predicted molar refractivity (Wildman–Crippen MR) is 142 cm³/mol. The normalized spacial score (nSPS) is 16.4. The van der Waals surface area contributed by atoms with E-state index in [0.29, 0.717) is 73.6 Å². The first-order valence-corrected chi connectivity index (χ1v) is 12.6. The highest BCUT2D eigenvalue weighted by Crippen LogP contribution is 2.28. The number of amides is 1. The van der Waals surface area contributed by atoms with Crippen LogP contribution < -0.4 is 15.0 Å². The largest absolute Gasteiger partial charge is 0.490 e. The van der Waals surface area contributed by atoms with Gasteiger partial charge in [-0.15, -0.1) is 0 Å². The number of pyridine rings is 2. The summed E-state index contributed by atoms with van der Waals surface area (Å²) < 4.78 is 10.9. The lowest BCUT2D eigenvalue weighted by molar-refractivity contribution is -0.136. The average molecular weight is 523 g/mol. The number of hydrogen-bond acceptors (Lipinski definition) is 10. The monoisotopic (exact) mass is 522 g/mol. The molecule has 1 amide bonds. The van der Waals surface area contributed by atoms with E-state index in [2.05, 4.69) is 27.1 Å². The molecule has 0 spiro atoms. The summed E-state index contributed by atoms with van der Waals surface area (Å²) >= 11 is 0. The smallest absolute Gasteiger partial charge is 0.237 e. The summed E-state index contributed by atoms with van der Waals surface area (Å²) in [7, 11) is 5.15. The van der Waals surface area contributed by atoms with Crippen LogP contribution in [0, 0.1) is 17.8 Å². The molecule has 4 rings (SSSR count). The number of aldehydes is 1. The summed E-state index contributed by atoms with van der Waals surface area (Å²) in [6.45, 7) is 2.80. The maximum absolute atomic E-state index is 12.3. The van der Waals surface area contributed by atoms with Crippen molar-refractivity contribution in [1.29, 1.82) is 0 Å². The van der Waals surface area contributed by atoms with Crippen molar-refractivity contribution in [3.05, 3.63) is 41.2 Å². The molecule has 1 saturated heterocycles. The van der Waals surface area contributed by atoms with E-state index in [1.807, 2.05) is 11.9 Å². The van der Waals surface area contributed by atoms with Crippen LogP contribution in [0.5, 0.6) is 5.75 Å². The summed E-state index contributed by atoms with van der Waals surface area (Å²) in [5, 5.41) is 13.8. The Hall–Kier alpha value is -3.72. The van der Waals surface area contributed by atoms with Crippen molar-refractivity contribution in [3.63, 3.8) is 0 Å². The van der Waals surface area contributed by atoms with E-state index in [1.54, 1.807) is 43.5 Å². The standard InChI is InChI=1S/C27H34N6O5/c1-31-10-11-33(26(35)17-31)16-21-8-9-25(29-22(21)18-34)32(2)27(36)30-24-14-23(38-13-12-37-3)20(15-28-24)7-6-19-4-5-19/h8-9,14-15,18-19,27,36H,4-5,10-13,16-17H2,1-3H3,(H,28,30). The Kier molecular flexibility index (Phi) is 9.12. The SMILES string of the molecule is COCCOc1cc(NC(O)N(C)c2ccc(CN3CCN(C)CC3=O)c(C=O)n2)ncc1C#CC1CC1. The molecular formula is C27H34N6O5. The minimum Gasteiger partial charge on any atom is -0.490 e. The number of aliphatic hydroxyl groups is 1. The molecule has 1 aliphatic carbocycles. The average Bonchev–Trinajstić information content (AvgIpc) is 3.74. The van der Waals surface area contributed by atoms with Crippen molar-refractivity contribution in [2.24, 2.45) is 5.92 Å². The highest BCUT2D eigenvalue weighted by atomic mass is 16.5. The number of aliphatic hydroxyl groups excluding tert-OH is 1. The fourth-order valence-corrected chi connectivity index (χ4v) is 3.85. The number of rotatable bonds is 11. The molecule has 1 saturated carbocycles. The van der Waals surface area contributed by atoms with Gasteiger partial charge in [0.25, 0.3) is 0 Å². The van der Waals surface area contributed by atoms with Crippen LogP contribution in [0.25, 0.3) is 0 Å². The van der Waals surface area contributed by atoms with Crippen LogP contribution in [0.2, 0.25) is 0 Å². The number of carbonyl (C=O) groups is 2. The summed E-state index contributed by atoms with van der Waals surface area (Å²) in [5.74, 6) is 8.10. The fourth-order valence-electron chi connectivity index (χ4n) is 3.85. The maximum Gasteiger partial charge on any atom is 0.237 e. The van der Waals surface area contributed by atoms with Gasteiger partial charge in [-0.2, -0.15) is 0 Å². The van der Waals surface area contributed by atoms with Crippen molar-refractivity contribution < 1.29 is 24.2 Å². The van der Waals surface area contributed by atoms with Crippen LogP contribution >= 0.6 is 0 Å². The molecule has 2 aromatic heterocycles. The first kappa shape index (κ1) is 27.3. The van der Waals surface area contributed by atoms with Gasteiger partial charge in [-0.05, 0) is 26.0 Å². The number of nitrogens with zero attached hydrogens (tertiary/aromatic N) is 5. The van der Waals surface area contributed by atoms with Gasteiger partial charge in [0.15, 0.2) is 6.29 Å². The van der Waals surface area contributed by atoms with E-state index in [4.69, 9.17) is 9.47 Å². The van der Waals surface area contributed by atoms with Gasteiger partial charge in [0.2, 0.25) is 12.3 Å². The predicted octanol–water partition coefficient (Wildman–Crippen LogP) is 1.17. The summed E-state index contributed by atoms with van der Waals surface area (Å²) in [4.78, 5) is 38.1. The number of nitrogens with one attached hydrogen (secondary N) is 1. The summed E-state index contributed by atoms with van der Waals surface area (Å²) in [6, 6.07) is 5.15. The molecule has 11 nitrogen and oxygen atoms in total. The lowest BCUT2D eigenvalue weighted by Crippen LogP contribution is -2.48. The molecule has 3 heterocycles. The lowest BCUT2D eigenvalue weighted by atomic mass is 10.1. The number of ether oxygens (including phenoxy) is 2. The maximum atomic E-state index is 12.3. The Morgan fingerprint density at radius 2 is 2.13 bits per heavy atom. The van der Waals surface area contributed by atoms with Crippen LogP contribution in [-0.4, -0.2) is 97.5 Å². The third-order valence-corrected chi connectivity index (χ3v) is 6.38. The Morgan fingerprint density at radius 1 is 1.32 bits per heavy atom. The molecule has 0 radical (unpaired) electrons. The van der Waals surface area contributed by atoms with Crippen molar-refractivity contribution in [1.82, 2.24) is 19.8 Å². The van der Waals surface area contributed by atoms with Gasteiger partial charge >= 0.3 is 0 Å². The van der Waals surface area contributed by atoms with Gasteiger partial charge < -0.3 is 29.7 Å². The van der Waals surface area contributed by atoms with Crippen molar-refractivity contribution >= 4 is 23.8 Å².